The van der Waals surface area contributed by atoms with Crippen molar-refractivity contribution in [3.63, 3.8) is 0 Å². The van der Waals surface area contributed by atoms with Gasteiger partial charge in [-0.25, -0.2) is 5.01 Å². The highest BCUT2D eigenvalue weighted by Gasteiger charge is 2.22. The van der Waals surface area contributed by atoms with Gasteiger partial charge in [0.2, 0.25) is 0 Å². The Morgan fingerprint density at radius 1 is 1.22 bits per heavy atom. The highest BCUT2D eigenvalue weighted by atomic mass is 16.3. The molecule has 2 heterocycles. The zero-order chi connectivity index (χ0) is 12.5. The van der Waals surface area contributed by atoms with Gasteiger partial charge in [0.1, 0.15) is 5.76 Å². The van der Waals surface area contributed by atoms with E-state index in [1.165, 1.54) is 5.01 Å². The lowest BCUT2D eigenvalue weighted by atomic mass is 10.1. The van der Waals surface area contributed by atoms with Crippen LogP contribution in [0.15, 0.2) is 52.2 Å². The summed E-state index contributed by atoms with van der Waals surface area (Å²) in [5.41, 5.74) is 2.61. The van der Waals surface area contributed by atoms with Crippen molar-refractivity contribution in [2.75, 3.05) is 5.01 Å². The largest absolute Gasteiger partial charge is 0.464 e. The van der Waals surface area contributed by atoms with Gasteiger partial charge >= 0.3 is 0 Å². The van der Waals surface area contributed by atoms with Gasteiger partial charge in [-0.2, -0.15) is 5.10 Å². The number of carbonyl (C=O) groups is 1. The third-order valence-corrected chi connectivity index (χ3v) is 2.83. The highest BCUT2D eigenvalue weighted by Crippen LogP contribution is 2.25. The van der Waals surface area contributed by atoms with E-state index in [-0.39, 0.29) is 5.91 Å². The number of hydrogen-bond donors (Lipinski definition) is 0. The van der Waals surface area contributed by atoms with Crippen LogP contribution in [0.4, 0.5) is 5.69 Å². The standard InChI is InChI=1S/C14H12N2O2/c1-10-9-14(17)16(15-10)12-6-4-11(5-7-12)13-3-2-8-18-13/h2-8H,9H2,1H3. The summed E-state index contributed by atoms with van der Waals surface area (Å²) < 4.78 is 5.31. The van der Waals surface area contributed by atoms with Crippen LogP contribution in [0.1, 0.15) is 13.3 Å². The molecule has 0 saturated heterocycles. The molecule has 4 nitrogen and oxygen atoms in total. The average Bonchev–Trinajstić information content (AvgIpc) is 2.99. The lowest BCUT2D eigenvalue weighted by Gasteiger charge is -2.11. The molecule has 0 aliphatic carbocycles. The molecule has 1 aromatic carbocycles. The number of anilines is 1. The molecule has 1 aliphatic rings. The van der Waals surface area contributed by atoms with Gasteiger partial charge in [0.25, 0.3) is 5.91 Å². The lowest BCUT2D eigenvalue weighted by Crippen LogP contribution is -2.19. The maximum Gasteiger partial charge on any atom is 0.253 e. The normalized spacial score (nSPS) is 15.1. The third-order valence-electron chi connectivity index (χ3n) is 2.83. The molecule has 0 radical (unpaired) electrons. The van der Waals surface area contributed by atoms with Gasteiger partial charge in [0.15, 0.2) is 0 Å². The zero-order valence-corrected chi connectivity index (χ0v) is 9.96. The van der Waals surface area contributed by atoms with E-state index in [9.17, 15) is 4.79 Å². The van der Waals surface area contributed by atoms with Crippen molar-refractivity contribution in [3.05, 3.63) is 42.7 Å². The molecular formula is C14H12N2O2. The van der Waals surface area contributed by atoms with Gasteiger partial charge in [0.05, 0.1) is 18.4 Å². The quantitative estimate of drug-likeness (QED) is 0.809. The topological polar surface area (TPSA) is 45.8 Å². The predicted molar refractivity (Wildman–Crippen MR) is 69.4 cm³/mol. The molecule has 0 saturated carbocycles. The van der Waals surface area contributed by atoms with Crippen LogP contribution < -0.4 is 5.01 Å². The van der Waals surface area contributed by atoms with E-state index < -0.39 is 0 Å². The zero-order valence-electron chi connectivity index (χ0n) is 9.96. The Morgan fingerprint density at radius 3 is 2.56 bits per heavy atom. The predicted octanol–water partition coefficient (Wildman–Crippen LogP) is 3.06. The first-order valence-electron chi connectivity index (χ1n) is 5.75. The monoisotopic (exact) mass is 240 g/mol. The van der Waals surface area contributed by atoms with Crippen molar-refractivity contribution >= 4 is 17.3 Å². The molecule has 0 spiro atoms. The number of hydrazone groups is 1. The van der Waals surface area contributed by atoms with Crippen LogP contribution in [-0.2, 0) is 4.79 Å². The number of carbonyl (C=O) groups excluding carboxylic acids is 1. The van der Waals surface area contributed by atoms with Crippen LogP contribution >= 0.6 is 0 Å². The fraction of sp³-hybridized carbons (Fsp3) is 0.143. The summed E-state index contributed by atoms with van der Waals surface area (Å²) >= 11 is 0. The Balaban J connectivity index is 1.90. The fourth-order valence-corrected chi connectivity index (χ4v) is 1.97. The Kier molecular flexibility index (Phi) is 2.48. The SMILES string of the molecule is CC1=NN(c2ccc(-c3ccco3)cc2)C(=O)C1. The summed E-state index contributed by atoms with van der Waals surface area (Å²) in [6, 6.07) is 11.3. The first kappa shape index (κ1) is 10.8. The van der Waals surface area contributed by atoms with Crippen LogP contribution in [0, 0.1) is 0 Å². The van der Waals surface area contributed by atoms with E-state index in [0.29, 0.717) is 6.42 Å². The first-order valence-corrected chi connectivity index (χ1v) is 5.75. The molecular weight excluding hydrogens is 228 g/mol. The van der Waals surface area contributed by atoms with Crippen LogP contribution in [-0.4, -0.2) is 11.6 Å². The van der Waals surface area contributed by atoms with E-state index >= 15 is 0 Å². The lowest BCUT2D eigenvalue weighted by molar-refractivity contribution is -0.116. The molecule has 0 atom stereocenters. The number of furan rings is 1. The summed E-state index contributed by atoms with van der Waals surface area (Å²) in [5, 5.41) is 5.65. The van der Waals surface area contributed by atoms with Gasteiger partial charge in [-0.05, 0) is 43.3 Å². The number of amides is 1. The summed E-state index contributed by atoms with van der Waals surface area (Å²) in [5.74, 6) is 0.826. The van der Waals surface area contributed by atoms with Crippen LogP contribution in [0.2, 0.25) is 0 Å². The Labute approximate surface area is 105 Å². The van der Waals surface area contributed by atoms with Crippen LogP contribution in [0.25, 0.3) is 11.3 Å². The van der Waals surface area contributed by atoms with Gasteiger partial charge in [-0.15, -0.1) is 0 Å². The van der Waals surface area contributed by atoms with Crippen molar-refractivity contribution in [2.45, 2.75) is 13.3 Å². The molecule has 3 rings (SSSR count). The summed E-state index contributed by atoms with van der Waals surface area (Å²) in [6.07, 6.45) is 2.04. The van der Waals surface area contributed by atoms with E-state index in [4.69, 9.17) is 4.42 Å². The molecule has 0 unspecified atom stereocenters. The molecule has 18 heavy (non-hydrogen) atoms. The van der Waals surface area contributed by atoms with Crippen LogP contribution in [0.5, 0.6) is 0 Å². The molecule has 2 aromatic rings. The number of rotatable bonds is 2. The van der Waals surface area contributed by atoms with Crippen molar-refractivity contribution in [1.82, 2.24) is 0 Å². The minimum absolute atomic E-state index is 0.0123. The molecule has 1 amide bonds. The summed E-state index contributed by atoms with van der Waals surface area (Å²) in [7, 11) is 0. The fourth-order valence-electron chi connectivity index (χ4n) is 1.97. The van der Waals surface area contributed by atoms with E-state index in [0.717, 1.165) is 22.7 Å². The highest BCUT2D eigenvalue weighted by molar-refractivity contribution is 6.12. The van der Waals surface area contributed by atoms with Crippen molar-refractivity contribution in [1.29, 1.82) is 0 Å². The number of nitrogens with zero attached hydrogens (tertiary/aromatic N) is 2. The first-order chi connectivity index (χ1) is 8.74. The maximum absolute atomic E-state index is 11.7. The average molecular weight is 240 g/mol. The third kappa shape index (κ3) is 1.82. The Morgan fingerprint density at radius 2 is 2.00 bits per heavy atom. The summed E-state index contributed by atoms with van der Waals surface area (Å²) in [4.78, 5) is 11.7. The van der Waals surface area contributed by atoms with Gasteiger partial charge in [-0.3, -0.25) is 4.79 Å². The van der Waals surface area contributed by atoms with E-state index in [2.05, 4.69) is 5.10 Å². The Hall–Kier alpha value is -2.36. The molecule has 1 aromatic heterocycles. The maximum atomic E-state index is 11.7. The van der Waals surface area contributed by atoms with E-state index in [1.807, 2.05) is 43.3 Å². The van der Waals surface area contributed by atoms with E-state index in [1.54, 1.807) is 6.26 Å². The second kappa shape index (κ2) is 4.14. The minimum Gasteiger partial charge on any atom is -0.464 e. The van der Waals surface area contributed by atoms with Crippen LogP contribution in [0.3, 0.4) is 0 Å². The molecule has 0 N–H and O–H groups in total. The second-order valence-corrected chi connectivity index (χ2v) is 4.24. The van der Waals surface area contributed by atoms with Gasteiger partial charge in [-0.1, -0.05) is 0 Å². The van der Waals surface area contributed by atoms with Crippen molar-refractivity contribution in [2.24, 2.45) is 5.10 Å². The second-order valence-electron chi connectivity index (χ2n) is 4.24. The minimum atomic E-state index is 0.0123. The van der Waals surface area contributed by atoms with Gasteiger partial charge < -0.3 is 4.42 Å². The van der Waals surface area contributed by atoms with Crippen molar-refractivity contribution in [3.8, 4) is 11.3 Å². The molecule has 90 valence electrons. The number of benzene rings is 1. The number of hydrogen-bond acceptors (Lipinski definition) is 3. The molecule has 0 fully saturated rings. The van der Waals surface area contributed by atoms with Gasteiger partial charge in [0, 0.05) is 11.3 Å². The molecule has 4 heteroatoms. The molecule has 0 bridgehead atoms. The van der Waals surface area contributed by atoms with Crippen molar-refractivity contribution < 1.29 is 9.21 Å². The Bertz CT molecular complexity index is 597. The molecule has 1 aliphatic heterocycles. The smallest absolute Gasteiger partial charge is 0.253 e. The summed E-state index contributed by atoms with van der Waals surface area (Å²) in [6.45, 7) is 1.86.